The third kappa shape index (κ3) is 4.32. The van der Waals surface area contributed by atoms with Crippen molar-refractivity contribution in [1.82, 2.24) is 19.6 Å². The maximum absolute atomic E-state index is 12.7. The Kier molecular flexibility index (Phi) is 5.74. The van der Waals surface area contributed by atoms with Crippen molar-refractivity contribution in [3.63, 3.8) is 0 Å². The number of nitrogens with zero attached hydrogens (tertiary/aromatic N) is 3. The second kappa shape index (κ2) is 8.23. The minimum atomic E-state index is -0.415. The van der Waals surface area contributed by atoms with Gasteiger partial charge in [0.15, 0.2) is 10.6 Å². The zero-order valence-corrected chi connectivity index (χ0v) is 16.7. The fourth-order valence-electron chi connectivity index (χ4n) is 2.80. The number of hydrogen-bond donors (Lipinski definition) is 2. The van der Waals surface area contributed by atoms with E-state index in [2.05, 4.69) is 22.0 Å². The average molecular weight is 413 g/mol. The van der Waals surface area contributed by atoms with Gasteiger partial charge in [-0.2, -0.15) is 0 Å². The van der Waals surface area contributed by atoms with Gasteiger partial charge in [0.05, 0.1) is 17.4 Å². The van der Waals surface area contributed by atoms with Crippen LogP contribution in [0.15, 0.2) is 46.2 Å². The summed E-state index contributed by atoms with van der Waals surface area (Å²) in [6, 6.07) is 6.21. The van der Waals surface area contributed by atoms with Crippen LogP contribution in [0.1, 0.15) is 16.1 Å². The number of allylic oxidation sites excluding steroid dienone is 1. The predicted molar refractivity (Wildman–Crippen MR) is 110 cm³/mol. The molecule has 1 aromatic carbocycles. The summed E-state index contributed by atoms with van der Waals surface area (Å²) in [6.07, 6.45) is 1.58. The molecular weight excluding hydrogens is 394 g/mol. The van der Waals surface area contributed by atoms with Crippen molar-refractivity contribution in [3.8, 4) is 0 Å². The highest BCUT2D eigenvalue weighted by atomic mass is 32.1. The molecule has 3 rings (SSSR count). The summed E-state index contributed by atoms with van der Waals surface area (Å²) < 4.78 is 6.50. The van der Waals surface area contributed by atoms with Crippen LogP contribution in [0.3, 0.4) is 0 Å². The number of aromatic amines is 1. The minimum absolute atomic E-state index is 0.181. The maximum atomic E-state index is 12.7. The third-order valence-corrected chi connectivity index (χ3v) is 4.49. The lowest BCUT2D eigenvalue weighted by atomic mass is 10.1. The first-order chi connectivity index (χ1) is 13.8. The Bertz CT molecular complexity index is 1220. The molecule has 9 nitrogen and oxygen atoms in total. The molecule has 2 N–H and O–H groups in total. The number of H-pyrrole nitrogens is 1. The second-order valence-corrected chi connectivity index (χ2v) is 6.81. The molecular formula is C19H19N5O4S. The van der Waals surface area contributed by atoms with Crippen LogP contribution < -0.4 is 10.9 Å². The SMILES string of the molecule is C=CCn1c(=S)[nH]c2cc(C(=O)N(C)CC(=O)Nc3cc(C)on3)ccc2c1=O. The largest absolute Gasteiger partial charge is 0.360 e. The third-order valence-electron chi connectivity index (χ3n) is 4.16. The van der Waals surface area contributed by atoms with E-state index in [9.17, 15) is 14.4 Å². The lowest BCUT2D eigenvalue weighted by Gasteiger charge is -2.16. The highest BCUT2D eigenvalue weighted by Gasteiger charge is 2.17. The topological polar surface area (TPSA) is 113 Å². The molecule has 0 atom stereocenters. The number of likely N-dealkylation sites (N-methyl/N-ethyl adjacent to an activating group) is 1. The van der Waals surface area contributed by atoms with E-state index in [1.807, 2.05) is 0 Å². The van der Waals surface area contributed by atoms with E-state index in [-0.39, 0.29) is 35.1 Å². The summed E-state index contributed by atoms with van der Waals surface area (Å²) in [5.74, 6) is 0.0440. The van der Waals surface area contributed by atoms with Gasteiger partial charge < -0.3 is 19.7 Å². The molecule has 3 aromatic rings. The normalized spacial score (nSPS) is 10.7. The number of anilines is 1. The molecule has 0 radical (unpaired) electrons. The van der Waals surface area contributed by atoms with Crippen LogP contribution in [0, 0.1) is 11.7 Å². The molecule has 2 aromatic heterocycles. The van der Waals surface area contributed by atoms with Crippen LogP contribution in [0.2, 0.25) is 0 Å². The smallest absolute Gasteiger partial charge is 0.262 e. The van der Waals surface area contributed by atoms with E-state index in [4.69, 9.17) is 16.7 Å². The van der Waals surface area contributed by atoms with E-state index in [0.29, 0.717) is 22.2 Å². The number of benzene rings is 1. The lowest BCUT2D eigenvalue weighted by molar-refractivity contribution is -0.116. The zero-order valence-electron chi connectivity index (χ0n) is 15.9. The van der Waals surface area contributed by atoms with E-state index in [1.165, 1.54) is 22.6 Å². The molecule has 29 heavy (non-hydrogen) atoms. The first-order valence-corrected chi connectivity index (χ1v) is 9.07. The summed E-state index contributed by atoms with van der Waals surface area (Å²) in [7, 11) is 1.50. The standard InChI is InChI=1S/C19H19N5O4S/c1-4-7-24-18(27)13-6-5-12(9-14(13)20-19(24)29)17(26)23(3)10-16(25)21-15-8-11(2)28-22-15/h4-6,8-9H,1,7,10H2,2-3H3,(H,20,29)(H,21,22,25). The quantitative estimate of drug-likeness (QED) is 0.473. The number of carbonyl (C=O) groups excluding carboxylic acids is 2. The molecule has 2 heterocycles. The summed E-state index contributed by atoms with van der Waals surface area (Å²) in [5, 5.41) is 6.63. The van der Waals surface area contributed by atoms with Gasteiger partial charge in [0.1, 0.15) is 5.76 Å². The van der Waals surface area contributed by atoms with Gasteiger partial charge in [-0.25, -0.2) is 0 Å². The fourth-order valence-corrected chi connectivity index (χ4v) is 3.07. The molecule has 0 aliphatic rings. The maximum Gasteiger partial charge on any atom is 0.262 e. The van der Waals surface area contributed by atoms with Crippen molar-refractivity contribution in [2.75, 3.05) is 18.9 Å². The van der Waals surface area contributed by atoms with Gasteiger partial charge >= 0.3 is 0 Å². The molecule has 0 spiro atoms. The molecule has 0 aliphatic heterocycles. The van der Waals surface area contributed by atoms with Gasteiger partial charge in [0, 0.05) is 25.2 Å². The van der Waals surface area contributed by atoms with E-state index in [0.717, 1.165) is 0 Å². The zero-order chi connectivity index (χ0) is 21.1. The van der Waals surface area contributed by atoms with E-state index < -0.39 is 5.91 Å². The van der Waals surface area contributed by atoms with Gasteiger partial charge in [0.25, 0.3) is 11.5 Å². The van der Waals surface area contributed by atoms with Gasteiger partial charge in [-0.1, -0.05) is 11.2 Å². The Morgan fingerprint density at radius 2 is 2.17 bits per heavy atom. The first kappa shape index (κ1) is 20.2. The molecule has 0 fully saturated rings. The van der Waals surface area contributed by atoms with Crippen molar-refractivity contribution < 1.29 is 14.1 Å². The van der Waals surface area contributed by atoms with Gasteiger partial charge in [-0.15, -0.1) is 6.58 Å². The van der Waals surface area contributed by atoms with Gasteiger partial charge in [-0.05, 0) is 37.3 Å². The lowest BCUT2D eigenvalue weighted by Crippen LogP contribution is -2.35. The summed E-state index contributed by atoms with van der Waals surface area (Å²) in [5.41, 5.74) is 0.497. The molecule has 0 saturated carbocycles. The molecule has 0 saturated heterocycles. The second-order valence-electron chi connectivity index (χ2n) is 6.43. The Morgan fingerprint density at radius 3 is 2.83 bits per heavy atom. The summed E-state index contributed by atoms with van der Waals surface area (Å²) in [4.78, 5) is 41.6. The molecule has 2 amide bonds. The number of aromatic nitrogens is 3. The Balaban J connectivity index is 1.80. The van der Waals surface area contributed by atoms with Crippen molar-refractivity contribution in [1.29, 1.82) is 0 Å². The molecule has 10 heteroatoms. The molecule has 0 bridgehead atoms. The van der Waals surface area contributed by atoms with Crippen LogP contribution in [0.5, 0.6) is 0 Å². The van der Waals surface area contributed by atoms with E-state index >= 15 is 0 Å². The Labute approximate surface area is 170 Å². The van der Waals surface area contributed by atoms with Gasteiger partial charge in [0.2, 0.25) is 5.91 Å². The van der Waals surface area contributed by atoms with Crippen LogP contribution in [-0.2, 0) is 11.3 Å². The number of hydrogen-bond acceptors (Lipinski definition) is 6. The number of nitrogens with one attached hydrogen (secondary N) is 2. The molecule has 0 aliphatic carbocycles. The fraction of sp³-hybridized carbons (Fsp3) is 0.211. The van der Waals surface area contributed by atoms with Crippen molar-refractivity contribution in [2.24, 2.45) is 0 Å². The number of aryl methyl sites for hydroxylation is 1. The van der Waals surface area contributed by atoms with Crippen molar-refractivity contribution in [3.05, 3.63) is 63.4 Å². The molecule has 0 unspecified atom stereocenters. The number of amides is 2. The number of rotatable bonds is 6. The number of fused-ring (bicyclic) bond motifs is 1. The van der Waals surface area contributed by atoms with Crippen molar-refractivity contribution >= 4 is 40.8 Å². The van der Waals surface area contributed by atoms with Crippen LogP contribution in [0.25, 0.3) is 10.9 Å². The summed E-state index contributed by atoms with van der Waals surface area (Å²) in [6.45, 7) is 5.42. The average Bonchev–Trinajstić information content (AvgIpc) is 3.08. The Morgan fingerprint density at radius 1 is 1.41 bits per heavy atom. The highest BCUT2D eigenvalue weighted by molar-refractivity contribution is 7.71. The van der Waals surface area contributed by atoms with Crippen LogP contribution in [-0.4, -0.2) is 45.0 Å². The molecule has 150 valence electrons. The van der Waals surface area contributed by atoms with E-state index in [1.54, 1.807) is 31.2 Å². The summed E-state index contributed by atoms with van der Waals surface area (Å²) >= 11 is 5.21. The van der Waals surface area contributed by atoms with Crippen LogP contribution >= 0.6 is 12.2 Å². The first-order valence-electron chi connectivity index (χ1n) is 8.66. The Hall–Kier alpha value is -3.53. The number of carbonyl (C=O) groups is 2. The monoisotopic (exact) mass is 413 g/mol. The van der Waals surface area contributed by atoms with Gasteiger partial charge in [-0.3, -0.25) is 19.0 Å². The predicted octanol–water partition coefficient (Wildman–Crippen LogP) is 2.25. The minimum Gasteiger partial charge on any atom is -0.360 e. The van der Waals surface area contributed by atoms with Crippen LogP contribution in [0.4, 0.5) is 5.82 Å². The highest BCUT2D eigenvalue weighted by Crippen LogP contribution is 2.13. The van der Waals surface area contributed by atoms with Crippen molar-refractivity contribution in [2.45, 2.75) is 13.5 Å².